The molecule has 3 aromatic rings. The number of hydrogen-bond acceptors (Lipinski definition) is 4. The molecular weight excluding hydrogens is 434 g/mol. The monoisotopic (exact) mass is 463 g/mol. The van der Waals surface area contributed by atoms with E-state index in [9.17, 15) is 13.2 Å². The summed E-state index contributed by atoms with van der Waals surface area (Å²) in [6, 6.07) is 23.2. The van der Waals surface area contributed by atoms with Crippen LogP contribution in [0.4, 0.5) is 5.69 Å². The lowest BCUT2D eigenvalue weighted by atomic mass is 10.1. The van der Waals surface area contributed by atoms with Crippen LogP contribution in [0.25, 0.3) is 0 Å². The summed E-state index contributed by atoms with van der Waals surface area (Å²) in [4.78, 5) is 15.4. The maximum Gasteiger partial charge on any atom is 0.264 e. The predicted octanol–water partition coefficient (Wildman–Crippen LogP) is 4.04. The minimum atomic E-state index is -3.71. The highest BCUT2D eigenvalue weighted by Crippen LogP contribution is 2.23. The van der Waals surface area contributed by atoms with Gasteiger partial charge in [-0.15, -0.1) is 0 Å². The van der Waals surface area contributed by atoms with E-state index in [-0.39, 0.29) is 10.8 Å². The van der Waals surface area contributed by atoms with Crippen LogP contribution < -0.4 is 9.62 Å². The molecule has 4 rings (SSSR count). The molecule has 33 heavy (non-hydrogen) atoms. The van der Waals surface area contributed by atoms with E-state index >= 15 is 0 Å². The van der Waals surface area contributed by atoms with Crippen molar-refractivity contribution in [1.82, 2.24) is 10.2 Å². The maximum atomic E-state index is 12.9. The van der Waals surface area contributed by atoms with Crippen molar-refractivity contribution in [3.8, 4) is 0 Å². The molecule has 1 aliphatic heterocycles. The fourth-order valence-corrected chi connectivity index (χ4v) is 5.26. The van der Waals surface area contributed by atoms with Gasteiger partial charge in [0.2, 0.25) is 0 Å². The summed E-state index contributed by atoms with van der Waals surface area (Å²) in [7, 11) is -2.22. The van der Waals surface area contributed by atoms with Gasteiger partial charge in [-0.2, -0.15) is 0 Å². The number of sulfonamides is 1. The van der Waals surface area contributed by atoms with Gasteiger partial charge in [0.25, 0.3) is 15.9 Å². The lowest BCUT2D eigenvalue weighted by Crippen LogP contribution is -2.27. The number of rotatable bonds is 8. The van der Waals surface area contributed by atoms with E-state index in [1.54, 1.807) is 54.6 Å². The van der Waals surface area contributed by atoms with Crippen LogP contribution in [-0.2, 0) is 23.1 Å². The molecule has 0 spiro atoms. The van der Waals surface area contributed by atoms with Crippen molar-refractivity contribution in [1.29, 1.82) is 0 Å². The minimum absolute atomic E-state index is 0.205. The molecule has 0 aromatic heterocycles. The molecule has 1 heterocycles. The summed E-state index contributed by atoms with van der Waals surface area (Å²) in [5.41, 5.74) is 3.13. The van der Waals surface area contributed by atoms with Gasteiger partial charge in [0.15, 0.2) is 0 Å². The van der Waals surface area contributed by atoms with Gasteiger partial charge in [-0.1, -0.05) is 48.5 Å². The molecule has 0 unspecified atom stereocenters. The zero-order valence-electron chi connectivity index (χ0n) is 18.8. The van der Waals surface area contributed by atoms with E-state index < -0.39 is 10.0 Å². The molecule has 1 aliphatic rings. The van der Waals surface area contributed by atoms with Crippen LogP contribution in [0.5, 0.6) is 0 Å². The van der Waals surface area contributed by atoms with Gasteiger partial charge in [-0.25, -0.2) is 8.42 Å². The van der Waals surface area contributed by atoms with Crippen molar-refractivity contribution < 1.29 is 13.2 Å². The van der Waals surface area contributed by atoms with E-state index in [1.165, 1.54) is 29.8 Å². The van der Waals surface area contributed by atoms with E-state index in [2.05, 4.69) is 22.3 Å². The SMILES string of the molecule is CN(c1cccc(C(=O)NCc2cccc(CN3CCCC3)c2)c1)S(=O)(=O)c1ccccc1. The standard InChI is InChI=1S/C26H29N3O3S/c1-28(33(31,32)25-13-3-2-4-14-25)24-12-8-11-23(18-24)26(30)27-19-21-9-7-10-22(17-21)20-29-15-5-6-16-29/h2-4,7-14,17-18H,5-6,15-16,19-20H2,1H3,(H,27,30). The number of amides is 1. The molecule has 0 aliphatic carbocycles. The average molecular weight is 464 g/mol. The first-order chi connectivity index (χ1) is 15.9. The zero-order chi connectivity index (χ0) is 23.3. The minimum Gasteiger partial charge on any atom is -0.348 e. The van der Waals surface area contributed by atoms with Gasteiger partial charge in [-0.05, 0) is 67.4 Å². The number of anilines is 1. The summed E-state index contributed by atoms with van der Waals surface area (Å²) in [6.07, 6.45) is 2.52. The summed E-state index contributed by atoms with van der Waals surface area (Å²) in [5.74, 6) is -0.243. The molecule has 0 radical (unpaired) electrons. The number of nitrogens with zero attached hydrogens (tertiary/aromatic N) is 2. The zero-order valence-corrected chi connectivity index (χ0v) is 19.6. The Morgan fingerprint density at radius 2 is 1.61 bits per heavy atom. The van der Waals surface area contributed by atoms with E-state index in [0.29, 0.717) is 17.8 Å². The van der Waals surface area contributed by atoms with Gasteiger partial charge in [-0.3, -0.25) is 14.0 Å². The molecule has 1 N–H and O–H groups in total. The van der Waals surface area contributed by atoms with Crippen LogP contribution in [0.15, 0.2) is 83.8 Å². The third-order valence-corrected chi connectivity index (χ3v) is 7.72. The van der Waals surface area contributed by atoms with Crippen LogP contribution in [0.2, 0.25) is 0 Å². The second-order valence-electron chi connectivity index (χ2n) is 8.32. The molecule has 0 saturated carbocycles. The fraction of sp³-hybridized carbons (Fsp3) is 0.269. The summed E-state index contributed by atoms with van der Waals surface area (Å²) in [5, 5.41) is 2.95. The largest absolute Gasteiger partial charge is 0.348 e. The van der Waals surface area contributed by atoms with E-state index in [4.69, 9.17) is 0 Å². The molecule has 6 nitrogen and oxygen atoms in total. The number of carbonyl (C=O) groups excluding carboxylic acids is 1. The molecular formula is C26H29N3O3S. The van der Waals surface area contributed by atoms with Gasteiger partial charge in [0.1, 0.15) is 0 Å². The second kappa shape index (κ2) is 10.2. The van der Waals surface area contributed by atoms with Crippen molar-refractivity contribution >= 4 is 21.6 Å². The maximum absolute atomic E-state index is 12.9. The molecule has 172 valence electrons. The molecule has 1 saturated heterocycles. The number of likely N-dealkylation sites (tertiary alicyclic amines) is 1. The Kier molecular flexibility index (Phi) is 7.11. The first-order valence-electron chi connectivity index (χ1n) is 11.2. The molecule has 7 heteroatoms. The highest BCUT2D eigenvalue weighted by molar-refractivity contribution is 7.92. The fourth-order valence-electron chi connectivity index (χ4n) is 4.05. The first kappa shape index (κ1) is 23.0. The summed E-state index contributed by atoms with van der Waals surface area (Å²) >= 11 is 0. The van der Waals surface area contributed by atoms with Gasteiger partial charge in [0.05, 0.1) is 10.6 Å². The predicted molar refractivity (Wildman–Crippen MR) is 131 cm³/mol. The van der Waals surface area contributed by atoms with Gasteiger partial charge >= 0.3 is 0 Å². The third-order valence-electron chi connectivity index (χ3n) is 5.92. The summed E-state index contributed by atoms with van der Waals surface area (Å²) < 4.78 is 27.0. The van der Waals surface area contributed by atoms with Crippen molar-refractivity contribution in [2.75, 3.05) is 24.4 Å². The van der Waals surface area contributed by atoms with Crippen LogP contribution in [-0.4, -0.2) is 39.4 Å². The lowest BCUT2D eigenvalue weighted by molar-refractivity contribution is 0.0951. The van der Waals surface area contributed by atoms with E-state index in [0.717, 1.165) is 25.2 Å². The highest BCUT2D eigenvalue weighted by Gasteiger charge is 2.21. The van der Waals surface area contributed by atoms with Crippen LogP contribution in [0.1, 0.15) is 34.3 Å². The van der Waals surface area contributed by atoms with Crippen LogP contribution >= 0.6 is 0 Å². The number of nitrogens with one attached hydrogen (secondary N) is 1. The molecule has 1 fully saturated rings. The Bertz CT molecular complexity index is 1210. The van der Waals surface area contributed by atoms with Crippen molar-refractivity contribution in [3.63, 3.8) is 0 Å². The Balaban J connectivity index is 1.42. The average Bonchev–Trinajstić information content (AvgIpc) is 3.36. The van der Waals surface area contributed by atoms with Gasteiger partial charge in [0, 0.05) is 25.7 Å². The lowest BCUT2D eigenvalue weighted by Gasteiger charge is -2.20. The van der Waals surface area contributed by atoms with Crippen molar-refractivity contribution in [2.24, 2.45) is 0 Å². The molecule has 0 atom stereocenters. The van der Waals surface area contributed by atoms with Crippen LogP contribution in [0.3, 0.4) is 0 Å². The van der Waals surface area contributed by atoms with E-state index in [1.807, 2.05) is 12.1 Å². The molecule has 3 aromatic carbocycles. The number of hydrogen-bond donors (Lipinski definition) is 1. The van der Waals surface area contributed by atoms with Crippen molar-refractivity contribution in [2.45, 2.75) is 30.8 Å². The topological polar surface area (TPSA) is 69.7 Å². The van der Waals surface area contributed by atoms with Gasteiger partial charge < -0.3 is 5.32 Å². The van der Waals surface area contributed by atoms with Crippen LogP contribution in [0, 0.1) is 0 Å². The highest BCUT2D eigenvalue weighted by atomic mass is 32.2. The number of benzene rings is 3. The normalized spacial score (nSPS) is 14.2. The second-order valence-corrected chi connectivity index (χ2v) is 10.3. The first-order valence-corrected chi connectivity index (χ1v) is 12.6. The quantitative estimate of drug-likeness (QED) is 0.548. The Labute approximate surface area is 195 Å². The Morgan fingerprint density at radius 1 is 0.909 bits per heavy atom. The van der Waals surface area contributed by atoms with Crippen molar-refractivity contribution in [3.05, 3.63) is 95.6 Å². The Morgan fingerprint density at radius 3 is 2.36 bits per heavy atom. The third kappa shape index (κ3) is 5.61. The molecule has 1 amide bonds. The molecule has 0 bridgehead atoms. The number of carbonyl (C=O) groups is 1. The summed E-state index contributed by atoms with van der Waals surface area (Å²) in [6.45, 7) is 3.64. The Hall–Kier alpha value is -3.16. The smallest absolute Gasteiger partial charge is 0.264 e.